The van der Waals surface area contributed by atoms with Crippen LogP contribution in [0.25, 0.3) is 6.08 Å². The molecule has 166 valence electrons. The molecular formula is C16H17BrF3N3O7. The Kier molecular flexibility index (Phi) is 7.79. The van der Waals surface area contributed by atoms with Crippen molar-refractivity contribution >= 4 is 33.9 Å². The van der Waals surface area contributed by atoms with Crippen molar-refractivity contribution in [1.82, 2.24) is 15.9 Å². The highest BCUT2D eigenvalue weighted by Gasteiger charge is 2.49. The topological polar surface area (TPSA) is 121 Å². The van der Waals surface area contributed by atoms with Crippen LogP contribution in [0.4, 0.5) is 13.2 Å². The molecule has 0 saturated heterocycles. The minimum Gasteiger partial charge on any atom is -0.480 e. The van der Waals surface area contributed by atoms with Crippen LogP contribution in [0.15, 0.2) is 22.2 Å². The molecule has 1 aromatic rings. The van der Waals surface area contributed by atoms with Gasteiger partial charge in [0.25, 0.3) is 0 Å². The van der Waals surface area contributed by atoms with E-state index in [0.29, 0.717) is 10.0 Å². The lowest BCUT2D eigenvalue weighted by Gasteiger charge is -2.29. The van der Waals surface area contributed by atoms with Gasteiger partial charge in [-0.1, -0.05) is 21.5 Å². The van der Waals surface area contributed by atoms with Crippen molar-refractivity contribution in [2.75, 3.05) is 20.4 Å². The molecule has 0 unspecified atom stereocenters. The number of aliphatic carboxylic acids is 1. The zero-order valence-corrected chi connectivity index (χ0v) is 17.2. The maximum absolute atomic E-state index is 13.4. The van der Waals surface area contributed by atoms with Gasteiger partial charge in [0.2, 0.25) is 12.9 Å². The molecule has 0 radical (unpaired) electrons. The first-order valence-electron chi connectivity index (χ1n) is 8.11. The Morgan fingerprint density at radius 1 is 1.37 bits per heavy atom. The molecule has 0 saturated carbocycles. The quantitative estimate of drug-likeness (QED) is 0.212. The number of hydrogen-bond acceptors (Lipinski definition) is 9. The molecule has 0 spiro atoms. The third kappa shape index (κ3) is 6.13. The summed E-state index contributed by atoms with van der Waals surface area (Å²) in [5.74, 6) is -2.62. The lowest BCUT2D eigenvalue weighted by atomic mass is 9.99. The summed E-state index contributed by atoms with van der Waals surface area (Å²) in [6, 6.07) is 3.06. The molecule has 0 fully saturated rings. The maximum Gasteiger partial charge on any atom is 0.430 e. The Labute approximate surface area is 176 Å². The second-order valence-corrected chi connectivity index (χ2v) is 6.98. The van der Waals surface area contributed by atoms with Gasteiger partial charge in [-0.3, -0.25) is 10.0 Å². The van der Waals surface area contributed by atoms with Crippen LogP contribution in [0.5, 0.6) is 5.75 Å². The summed E-state index contributed by atoms with van der Waals surface area (Å²) in [5.41, 5.74) is 1.72. The average Bonchev–Trinajstić information content (AvgIpc) is 2.62. The Bertz CT molecular complexity index is 850. The molecule has 0 aliphatic carbocycles. The number of alkyl halides is 3. The number of aryl methyl sites for hydroxylation is 1. The molecule has 10 nitrogen and oxygen atoms in total. The number of hydrogen-bond donors (Lipinski definition) is 3. The summed E-state index contributed by atoms with van der Waals surface area (Å²) in [7, 11) is 1.19. The van der Waals surface area contributed by atoms with E-state index in [2.05, 4.69) is 25.5 Å². The van der Waals surface area contributed by atoms with Crippen molar-refractivity contribution in [1.29, 1.82) is 0 Å². The van der Waals surface area contributed by atoms with E-state index in [1.165, 1.54) is 13.1 Å². The zero-order valence-electron chi connectivity index (χ0n) is 15.6. The Morgan fingerprint density at radius 2 is 2.03 bits per heavy atom. The standard InChI is InChI=1S/C16H17BrF3N3O7/c1-8-3-10(17)4-9-5-11(14(16(18,19)20)30-13(8)9)15(26)28-7-29-21-23(27)22(2)6-12(24)25/h3-5,14,21,27H,6-7H2,1-2H3,(H,24,25)/t14-/m0/s1. The Morgan fingerprint density at radius 3 is 2.63 bits per heavy atom. The van der Waals surface area contributed by atoms with Crippen molar-refractivity contribution in [2.45, 2.75) is 19.2 Å². The molecule has 0 aromatic heterocycles. The molecule has 1 atom stereocenters. The lowest BCUT2D eigenvalue weighted by molar-refractivity contribution is -0.346. The number of nitrogens with zero attached hydrogens (tertiary/aromatic N) is 2. The molecule has 2 rings (SSSR count). The molecule has 1 aliphatic rings. The minimum absolute atomic E-state index is 0.00705. The number of carbonyl (C=O) groups is 2. The number of carboxylic acid groups (broad SMARTS) is 1. The maximum atomic E-state index is 13.4. The molecule has 1 aromatic carbocycles. The summed E-state index contributed by atoms with van der Waals surface area (Å²) in [4.78, 5) is 27.3. The molecule has 3 N–H and O–H groups in total. The normalized spacial score (nSPS) is 16.2. The fraction of sp³-hybridized carbons (Fsp3) is 0.375. The molecule has 1 aliphatic heterocycles. The van der Waals surface area contributed by atoms with Gasteiger partial charge in [-0.25, -0.2) is 9.63 Å². The number of carbonyl (C=O) groups excluding carboxylic acids is 1. The van der Waals surface area contributed by atoms with Gasteiger partial charge in [0, 0.05) is 17.1 Å². The minimum atomic E-state index is -4.89. The van der Waals surface area contributed by atoms with Crippen LogP contribution < -0.4 is 10.3 Å². The van der Waals surface area contributed by atoms with E-state index in [1.54, 1.807) is 13.0 Å². The fourth-order valence-corrected chi connectivity index (χ4v) is 3.03. The van der Waals surface area contributed by atoms with Crippen molar-refractivity contribution < 1.29 is 47.4 Å². The monoisotopic (exact) mass is 499 g/mol. The predicted molar refractivity (Wildman–Crippen MR) is 96.4 cm³/mol. The van der Waals surface area contributed by atoms with Gasteiger partial charge >= 0.3 is 18.1 Å². The van der Waals surface area contributed by atoms with Crippen LogP contribution in [-0.2, 0) is 19.2 Å². The van der Waals surface area contributed by atoms with E-state index in [1.807, 2.05) is 5.59 Å². The van der Waals surface area contributed by atoms with Crippen LogP contribution in [0.1, 0.15) is 11.1 Å². The van der Waals surface area contributed by atoms with Crippen molar-refractivity contribution in [3.8, 4) is 5.75 Å². The summed E-state index contributed by atoms with van der Waals surface area (Å²) in [6.45, 7) is 0.0668. The highest BCUT2D eigenvalue weighted by atomic mass is 79.9. The summed E-state index contributed by atoms with van der Waals surface area (Å²) < 4.78 is 50.5. The average molecular weight is 500 g/mol. The van der Waals surface area contributed by atoms with Gasteiger partial charge < -0.3 is 14.6 Å². The van der Waals surface area contributed by atoms with E-state index in [4.69, 9.17) is 9.84 Å². The van der Waals surface area contributed by atoms with E-state index in [9.17, 15) is 28.0 Å². The summed E-state index contributed by atoms with van der Waals surface area (Å²) >= 11 is 3.22. The molecular weight excluding hydrogens is 483 g/mol. The first-order chi connectivity index (χ1) is 13.9. The van der Waals surface area contributed by atoms with E-state index < -0.39 is 43.1 Å². The van der Waals surface area contributed by atoms with E-state index in [0.717, 1.165) is 11.1 Å². The van der Waals surface area contributed by atoms with Gasteiger partial charge in [0.15, 0.2) is 0 Å². The second kappa shape index (κ2) is 9.72. The first-order valence-corrected chi connectivity index (χ1v) is 8.91. The number of hydrazine groups is 2. The molecule has 30 heavy (non-hydrogen) atoms. The van der Waals surface area contributed by atoms with Crippen LogP contribution in [-0.4, -0.2) is 65.2 Å². The van der Waals surface area contributed by atoms with Crippen molar-refractivity contribution in [3.63, 3.8) is 0 Å². The molecule has 14 heteroatoms. The predicted octanol–water partition coefficient (Wildman–Crippen LogP) is 2.02. The number of benzene rings is 1. The smallest absolute Gasteiger partial charge is 0.430 e. The van der Waals surface area contributed by atoms with Gasteiger partial charge in [-0.15, -0.1) is 0 Å². The lowest BCUT2D eigenvalue weighted by Crippen LogP contribution is -2.49. The van der Waals surface area contributed by atoms with Crippen LogP contribution >= 0.6 is 15.9 Å². The van der Waals surface area contributed by atoms with Crippen LogP contribution in [0.3, 0.4) is 0 Å². The van der Waals surface area contributed by atoms with Gasteiger partial charge in [-0.2, -0.15) is 18.2 Å². The van der Waals surface area contributed by atoms with Gasteiger partial charge in [0.1, 0.15) is 12.3 Å². The number of rotatable bonds is 8. The highest BCUT2D eigenvalue weighted by Crippen LogP contribution is 2.40. The number of esters is 1. The van der Waals surface area contributed by atoms with Crippen LogP contribution in [0, 0.1) is 6.92 Å². The highest BCUT2D eigenvalue weighted by molar-refractivity contribution is 9.10. The van der Waals surface area contributed by atoms with Gasteiger partial charge in [0.05, 0.1) is 5.57 Å². The fourth-order valence-electron chi connectivity index (χ4n) is 2.44. The van der Waals surface area contributed by atoms with Crippen LogP contribution in [0.2, 0.25) is 0 Å². The van der Waals surface area contributed by atoms with Crippen molar-refractivity contribution in [2.24, 2.45) is 0 Å². The van der Waals surface area contributed by atoms with Gasteiger partial charge in [-0.05, 0) is 36.0 Å². The summed E-state index contributed by atoms with van der Waals surface area (Å²) in [6.07, 6.45) is -6.41. The third-order valence-electron chi connectivity index (χ3n) is 3.71. The zero-order chi connectivity index (χ0) is 22.6. The van der Waals surface area contributed by atoms with E-state index >= 15 is 0 Å². The van der Waals surface area contributed by atoms with Crippen molar-refractivity contribution in [3.05, 3.63) is 33.3 Å². The first kappa shape index (κ1) is 24.0. The Hall–Kier alpha value is -2.23. The second-order valence-electron chi connectivity index (χ2n) is 6.06. The SMILES string of the molecule is Cc1cc(Br)cc2c1O[C@H](C(F)(F)F)C(C(=O)OCONN(O)N(C)CC(=O)O)=C2. The molecule has 1 heterocycles. The number of nitrogens with one attached hydrogen (secondary N) is 1. The number of fused-ring (bicyclic) bond motifs is 1. The number of halogens is 4. The Balaban J connectivity index is 2.06. The van der Waals surface area contributed by atoms with E-state index in [-0.39, 0.29) is 16.6 Å². The molecule has 0 amide bonds. The number of likely N-dealkylation sites (N-methyl/N-ethyl adjacent to an activating group) is 1. The number of ether oxygens (including phenoxy) is 2. The number of carboxylic acids is 1. The third-order valence-corrected chi connectivity index (χ3v) is 4.17. The molecule has 0 bridgehead atoms. The summed E-state index contributed by atoms with van der Waals surface area (Å²) in [5, 5.41) is 18.9. The largest absolute Gasteiger partial charge is 0.480 e.